The summed E-state index contributed by atoms with van der Waals surface area (Å²) in [5.41, 5.74) is -0.816. The SMILES string of the molecule is COC(=O)C1CC(=O)OC12C(=O)Nc1ccc(Cl)cc12. The molecular weight excluding hydrogens is 286 g/mol. The van der Waals surface area contributed by atoms with Crippen LogP contribution in [0.25, 0.3) is 0 Å². The smallest absolute Gasteiger partial charge is 0.314 e. The zero-order valence-electron chi connectivity index (χ0n) is 10.4. The Morgan fingerprint density at radius 3 is 2.95 bits per heavy atom. The number of halogens is 1. The number of benzene rings is 1. The Balaban J connectivity index is 2.20. The predicted molar refractivity (Wildman–Crippen MR) is 68.0 cm³/mol. The van der Waals surface area contributed by atoms with Gasteiger partial charge in [0.1, 0.15) is 5.92 Å². The van der Waals surface area contributed by atoms with Crippen LogP contribution in [0.4, 0.5) is 5.69 Å². The summed E-state index contributed by atoms with van der Waals surface area (Å²) in [4.78, 5) is 35.8. The van der Waals surface area contributed by atoms with Gasteiger partial charge in [-0.2, -0.15) is 0 Å². The van der Waals surface area contributed by atoms with Crippen molar-refractivity contribution < 1.29 is 23.9 Å². The van der Waals surface area contributed by atoms with Crippen molar-refractivity contribution in [3.63, 3.8) is 0 Å². The third-order valence-electron chi connectivity index (χ3n) is 3.59. The second-order valence-electron chi connectivity index (χ2n) is 4.63. The van der Waals surface area contributed by atoms with E-state index in [0.29, 0.717) is 16.3 Å². The molecule has 6 nitrogen and oxygen atoms in total. The zero-order chi connectivity index (χ0) is 14.5. The van der Waals surface area contributed by atoms with Crippen molar-refractivity contribution in [2.45, 2.75) is 12.0 Å². The van der Waals surface area contributed by atoms with Crippen molar-refractivity contribution in [2.24, 2.45) is 5.92 Å². The number of hydrogen-bond acceptors (Lipinski definition) is 5. The number of rotatable bonds is 1. The Morgan fingerprint density at radius 1 is 1.50 bits per heavy atom. The third-order valence-corrected chi connectivity index (χ3v) is 3.82. The van der Waals surface area contributed by atoms with Crippen molar-refractivity contribution >= 4 is 35.1 Å². The summed E-state index contributed by atoms with van der Waals surface area (Å²) < 4.78 is 9.91. The van der Waals surface area contributed by atoms with Crippen LogP contribution < -0.4 is 5.32 Å². The second kappa shape index (κ2) is 4.21. The van der Waals surface area contributed by atoms with Crippen molar-refractivity contribution in [1.82, 2.24) is 0 Å². The molecular formula is C13H10ClNO5. The fourth-order valence-electron chi connectivity index (χ4n) is 2.71. The molecule has 7 heteroatoms. The molecule has 1 spiro atoms. The molecule has 2 atom stereocenters. The van der Waals surface area contributed by atoms with E-state index in [1.807, 2.05) is 0 Å². The first-order valence-electron chi connectivity index (χ1n) is 5.90. The average molecular weight is 296 g/mol. The maximum atomic E-state index is 12.3. The van der Waals surface area contributed by atoms with E-state index >= 15 is 0 Å². The van der Waals surface area contributed by atoms with E-state index in [-0.39, 0.29) is 6.42 Å². The lowest BCUT2D eigenvalue weighted by Gasteiger charge is -2.25. The first kappa shape index (κ1) is 12.9. The molecule has 0 radical (unpaired) electrons. The minimum absolute atomic E-state index is 0.202. The first-order chi connectivity index (χ1) is 9.49. The van der Waals surface area contributed by atoms with Crippen LogP contribution in [-0.2, 0) is 29.5 Å². The van der Waals surface area contributed by atoms with Crippen LogP contribution in [0, 0.1) is 5.92 Å². The van der Waals surface area contributed by atoms with Gasteiger partial charge in [0.25, 0.3) is 5.91 Å². The van der Waals surface area contributed by atoms with E-state index < -0.39 is 29.4 Å². The molecule has 1 N–H and O–H groups in total. The van der Waals surface area contributed by atoms with Gasteiger partial charge in [0.05, 0.1) is 13.5 Å². The molecule has 1 aromatic carbocycles. The number of ether oxygens (including phenoxy) is 2. The van der Waals surface area contributed by atoms with Gasteiger partial charge >= 0.3 is 11.9 Å². The number of methoxy groups -OCH3 is 1. The van der Waals surface area contributed by atoms with Crippen LogP contribution in [0.2, 0.25) is 5.02 Å². The van der Waals surface area contributed by atoms with Gasteiger partial charge < -0.3 is 14.8 Å². The molecule has 2 aliphatic heterocycles. The highest BCUT2D eigenvalue weighted by atomic mass is 35.5. The Hall–Kier alpha value is -2.08. The molecule has 104 valence electrons. The van der Waals surface area contributed by atoms with Crippen molar-refractivity contribution in [2.75, 3.05) is 12.4 Å². The van der Waals surface area contributed by atoms with Crippen molar-refractivity contribution in [1.29, 1.82) is 0 Å². The van der Waals surface area contributed by atoms with Gasteiger partial charge in [0.2, 0.25) is 5.60 Å². The van der Waals surface area contributed by atoms with Gasteiger partial charge in [0, 0.05) is 16.3 Å². The lowest BCUT2D eigenvalue weighted by atomic mass is 9.82. The van der Waals surface area contributed by atoms with Crippen LogP contribution >= 0.6 is 11.6 Å². The Bertz CT molecular complexity index is 644. The fourth-order valence-corrected chi connectivity index (χ4v) is 2.88. The van der Waals surface area contributed by atoms with Crippen LogP contribution in [0.3, 0.4) is 0 Å². The topological polar surface area (TPSA) is 81.7 Å². The molecule has 1 amide bonds. The summed E-state index contributed by atoms with van der Waals surface area (Å²) in [5.74, 6) is -2.86. The van der Waals surface area contributed by atoms with Crippen LogP contribution in [0.15, 0.2) is 18.2 Å². The number of carbonyl (C=O) groups excluding carboxylic acids is 3. The van der Waals surface area contributed by atoms with Gasteiger partial charge in [-0.1, -0.05) is 11.6 Å². The number of fused-ring (bicyclic) bond motifs is 2. The lowest BCUT2D eigenvalue weighted by molar-refractivity contribution is -0.164. The Kier molecular flexibility index (Phi) is 2.72. The minimum atomic E-state index is -1.68. The fraction of sp³-hybridized carbons (Fsp3) is 0.308. The highest BCUT2D eigenvalue weighted by Gasteiger charge is 2.63. The summed E-state index contributed by atoms with van der Waals surface area (Å²) in [7, 11) is 1.20. The monoisotopic (exact) mass is 295 g/mol. The van der Waals surface area contributed by atoms with E-state index in [4.69, 9.17) is 16.3 Å². The largest absolute Gasteiger partial charge is 0.469 e. The summed E-state index contributed by atoms with van der Waals surface area (Å²) in [6, 6.07) is 4.72. The van der Waals surface area contributed by atoms with E-state index in [9.17, 15) is 14.4 Å². The second-order valence-corrected chi connectivity index (χ2v) is 5.07. The van der Waals surface area contributed by atoms with Gasteiger partial charge in [-0.25, -0.2) is 0 Å². The maximum absolute atomic E-state index is 12.3. The Labute approximate surface area is 119 Å². The van der Waals surface area contributed by atoms with Crippen molar-refractivity contribution in [3.8, 4) is 0 Å². The normalized spacial score (nSPS) is 27.2. The van der Waals surface area contributed by atoms with Gasteiger partial charge in [-0.3, -0.25) is 14.4 Å². The van der Waals surface area contributed by atoms with E-state index in [1.54, 1.807) is 12.1 Å². The third kappa shape index (κ3) is 1.54. The van der Waals surface area contributed by atoms with E-state index in [1.165, 1.54) is 13.2 Å². The number of hydrogen-bond donors (Lipinski definition) is 1. The minimum Gasteiger partial charge on any atom is -0.469 e. The average Bonchev–Trinajstić information content (AvgIpc) is 2.90. The molecule has 1 fully saturated rings. The number of amides is 1. The summed E-state index contributed by atoms with van der Waals surface area (Å²) in [6.45, 7) is 0. The molecule has 0 aromatic heterocycles. The molecule has 0 bridgehead atoms. The van der Waals surface area contributed by atoms with Gasteiger partial charge in [0.15, 0.2) is 0 Å². The summed E-state index contributed by atoms with van der Waals surface area (Å²) >= 11 is 5.93. The Morgan fingerprint density at radius 2 is 2.25 bits per heavy atom. The number of esters is 2. The molecule has 2 heterocycles. The molecule has 0 aliphatic carbocycles. The number of carbonyl (C=O) groups is 3. The number of anilines is 1. The highest BCUT2D eigenvalue weighted by Crippen LogP contribution is 2.50. The lowest BCUT2D eigenvalue weighted by Crippen LogP contribution is -2.43. The van der Waals surface area contributed by atoms with Crippen LogP contribution in [0.5, 0.6) is 0 Å². The molecule has 1 saturated heterocycles. The highest BCUT2D eigenvalue weighted by molar-refractivity contribution is 6.31. The van der Waals surface area contributed by atoms with Crippen LogP contribution in [-0.4, -0.2) is 25.0 Å². The summed E-state index contributed by atoms with van der Waals surface area (Å²) in [5, 5.41) is 2.99. The van der Waals surface area contributed by atoms with Gasteiger partial charge in [-0.05, 0) is 18.2 Å². The zero-order valence-corrected chi connectivity index (χ0v) is 11.2. The van der Waals surface area contributed by atoms with Gasteiger partial charge in [-0.15, -0.1) is 0 Å². The standard InChI is InChI=1S/C13H10ClNO5/c1-19-11(17)8-5-10(16)20-13(8)7-4-6(14)2-3-9(7)15-12(13)18/h2-4,8H,5H2,1H3,(H,15,18). The molecule has 2 unspecified atom stereocenters. The molecule has 1 aromatic rings. The predicted octanol–water partition coefficient (Wildman–Crippen LogP) is 1.22. The molecule has 3 rings (SSSR count). The maximum Gasteiger partial charge on any atom is 0.314 e. The molecule has 2 aliphatic rings. The number of nitrogens with one attached hydrogen (secondary N) is 1. The molecule has 20 heavy (non-hydrogen) atoms. The quantitative estimate of drug-likeness (QED) is 0.788. The molecule has 0 saturated carbocycles. The van der Waals surface area contributed by atoms with Crippen LogP contribution in [0.1, 0.15) is 12.0 Å². The first-order valence-corrected chi connectivity index (χ1v) is 6.28. The van der Waals surface area contributed by atoms with Crippen molar-refractivity contribution in [3.05, 3.63) is 28.8 Å². The summed E-state index contributed by atoms with van der Waals surface area (Å²) in [6.07, 6.45) is -0.202. The van der Waals surface area contributed by atoms with E-state index in [2.05, 4.69) is 10.1 Å². The van der Waals surface area contributed by atoms with E-state index in [0.717, 1.165) is 0 Å².